The molecule has 2 atom stereocenters. The second kappa shape index (κ2) is 11.5. The number of nitrogens with zero attached hydrogens (tertiary/aromatic N) is 8. The van der Waals surface area contributed by atoms with E-state index in [2.05, 4.69) is 9.98 Å². The molecular formula is C36H22N8. The third-order valence-corrected chi connectivity index (χ3v) is 7.53. The van der Waals surface area contributed by atoms with E-state index in [-0.39, 0.29) is 0 Å². The Labute approximate surface area is 253 Å². The number of fused-ring (bicyclic) bond motifs is 2. The van der Waals surface area contributed by atoms with Gasteiger partial charge in [-0.2, -0.15) is 20.5 Å². The Hall–Kier alpha value is -6.38. The number of aromatic nitrogens is 2. The molecule has 2 unspecified atom stereocenters. The molecule has 0 N–H and O–H groups in total. The fourth-order valence-electron chi connectivity index (χ4n) is 5.59. The van der Waals surface area contributed by atoms with Crippen LogP contribution in [0.25, 0.3) is 22.5 Å². The topological polar surface area (TPSA) is 123 Å². The monoisotopic (exact) mass is 566 g/mol. The maximum Gasteiger partial charge on any atom is 0.206 e. The van der Waals surface area contributed by atoms with Gasteiger partial charge in [0, 0.05) is 22.3 Å². The molecule has 0 spiro atoms. The Morgan fingerprint density at radius 1 is 0.432 bits per heavy atom. The van der Waals surface area contributed by atoms with Crippen LogP contribution in [0.15, 0.2) is 141 Å². The highest BCUT2D eigenvalue weighted by atomic mass is 15.1. The van der Waals surface area contributed by atoms with Crippen LogP contribution in [-0.2, 0) is 0 Å². The number of nitriles is 2. The molecule has 0 radical (unpaired) electrons. The van der Waals surface area contributed by atoms with Crippen molar-refractivity contribution in [2.24, 2.45) is 20.0 Å². The van der Waals surface area contributed by atoms with E-state index in [1.807, 2.05) is 134 Å². The van der Waals surface area contributed by atoms with Crippen LogP contribution in [0.5, 0.6) is 0 Å². The number of rotatable bonds is 4. The maximum absolute atomic E-state index is 9.88. The summed E-state index contributed by atoms with van der Waals surface area (Å²) < 4.78 is 0. The standard InChI is InChI=1S/C36H22N8/c37-21-39-31-33-34(42-28(24-15-7-2-8-16-24)27(41-33)23-13-5-1-6-14-23)32(40-22-38)36-35(31)43-29(25-17-9-3-10-18-25)30(44-36)26-19-11-4-12-20-26/h1-20,33-34H. The highest BCUT2D eigenvalue weighted by Gasteiger charge is 2.44. The van der Waals surface area contributed by atoms with Crippen molar-refractivity contribution in [3.63, 3.8) is 0 Å². The van der Waals surface area contributed by atoms with E-state index in [1.54, 1.807) is 0 Å². The van der Waals surface area contributed by atoms with E-state index in [0.29, 0.717) is 45.6 Å². The molecule has 0 saturated carbocycles. The average Bonchev–Trinajstić information content (AvgIpc) is 3.10. The van der Waals surface area contributed by atoms with E-state index in [1.165, 1.54) is 0 Å². The zero-order valence-electron chi connectivity index (χ0n) is 23.3. The Kier molecular flexibility index (Phi) is 6.92. The van der Waals surface area contributed by atoms with Gasteiger partial charge in [0.25, 0.3) is 0 Å². The molecule has 8 nitrogen and oxygen atoms in total. The summed E-state index contributed by atoms with van der Waals surface area (Å²) >= 11 is 0. The van der Waals surface area contributed by atoms with Crippen molar-refractivity contribution < 1.29 is 0 Å². The van der Waals surface area contributed by atoms with Gasteiger partial charge in [-0.1, -0.05) is 121 Å². The predicted octanol–water partition coefficient (Wildman–Crippen LogP) is 6.09. The van der Waals surface area contributed by atoms with Gasteiger partial charge in [0.2, 0.25) is 12.4 Å². The molecule has 2 heterocycles. The number of aliphatic imine (C=N–C) groups is 4. The summed E-state index contributed by atoms with van der Waals surface area (Å²) in [5.41, 5.74) is 7.34. The van der Waals surface area contributed by atoms with Gasteiger partial charge in [0.05, 0.1) is 22.8 Å². The van der Waals surface area contributed by atoms with E-state index < -0.39 is 12.1 Å². The van der Waals surface area contributed by atoms with Gasteiger partial charge < -0.3 is 0 Å². The van der Waals surface area contributed by atoms with Gasteiger partial charge in [-0.3, -0.25) is 9.98 Å². The smallest absolute Gasteiger partial charge is 0.206 e. The number of hydrogen-bond donors (Lipinski definition) is 0. The van der Waals surface area contributed by atoms with Crippen molar-refractivity contribution >= 4 is 22.8 Å². The summed E-state index contributed by atoms with van der Waals surface area (Å²) in [6.07, 6.45) is 3.92. The van der Waals surface area contributed by atoms with Crippen molar-refractivity contribution in [2.45, 2.75) is 12.1 Å². The van der Waals surface area contributed by atoms with Crippen LogP contribution < -0.4 is 0 Å². The molecule has 0 fully saturated rings. The highest BCUT2D eigenvalue weighted by molar-refractivity contribution is 6.54. The first kappa shape index (κ1) is 26.5. The molecule has 2 aliphatic rings. The van der Waals surface area contributed by atoms with E-state index in [4.69, 9.17) is 20.0 Å². The lowest BCUT2D eigenvalue weighted by molar-refractivity contribution is 0.748. The first-order chi connectivity index (χ1) is 21.8. The molecule has 8 heteroatoms. The second-order valence-corrected chi connectivity index (χ2v) is 10.1. The third kappa shape index (κ3) is 4.67. The Morgan fingerprint density at radius 3 is 1.07 bits per heavy atom. The zero-order valence-corrected chi connectivity index (χ0v) is 23.3. The quantitative estimate of drug-likeness (QED) is 0.244. The van der Waals surface area contributed by atoms with Crippen LogP contribution in [-0.4, -0.2) is 44.9 Å². The van der Waals surface area contributed by atoms with Gasteiger partial charge in [0.1, 0.15) is 34.9 Å². The third-order valence-electron chi connectivity index (χ3n) is 7.53. The predicted molar refractivity (Wildman–Crippen MR) is 171 cm³/mol. The Morgan fingerprint density at radius 2 is 0.750 bits per heavy atom. The maximum atomic E-state index is 9.88. The molecule has 0 saturated heterocycles. The van der Waals surface area contributed by atoms with Crippen LogP contribution in [0.3, 0.4) is 0 Å². The Bertz CT molecular complexity index is 1920. The minimum Gasteiger partial charge on any atom is -0.270 e. The molecule has 0 bridgehead atoms. The minimum atomic E-state index is -0.752. The summed E-state index contributed by atoms with van der Waals surface area (Å²) in [7, 11) is 0. The van der Waals surface area contributed by atoms with Crippen molar-refractivity contribution in [2.75, 3.05) is 0 Å². The SMILES string of the molecule is N#CN=C1c2nc(-c3ccccc3)c(-c3ccccc3)nc2C(=NC#N)C2N=C(c3ccccc3)C(c3ccccc3)=NC12. The van der Waals surface area contributed by atoms with Gasteiger partial charge >= 0.3 is 0 Å². The van der Waals surface area contributed by atoms with Crippen molar-refractivity contribution in [3.05, 3.63) is 144 Å². The average molecular weight is 567 g/mol. The molecule has 1 aliphatic carbocycles. The highest BCUT2D eigenvalue weighted by Crippen LogP contribution is 2.35. The van der Waals surface area contributed by atoms with Crippen molar-refractivity contribution in [1.29, 1.82) is 10.5 Å². The lowest BCUT2D eigenvalue weighted by Crippen LogP contribution is -2.49. The lowest BCUT2D eigenvalue weighted by Gasteiger charge is -2.33. The number of benzene rings is 4. The van der Waals surface area contributed by atoms with Crippen LogP contribution in [0.1, 0.15) is 22.5 Å². The molecule has 1 aromatic heterocycles. The van der Waals surface area contributed by atoms with Gasteiger partial charge in [-0.25, -0.2) is 9.97 Å². The first-order valence-corrected chi connectivity index (χ1v) is 14.0. The molecule has 206 valence electrons. The summed E-state index contributed by atoms with van der Waals surface area (Å²) in [4.78, 5) is 29.1. The lowest BCUT2D eigenvalue weighted by atomic mass is 9.84. The normalized spacial score (nSPS) is 18.8. The van der Waals surface area contributed by atoms with E-state index >= 15 is 0 Å². The summed E-state index contributed by atoms with van der Waals surface area (Å²) in [5.74, 6) is 0. The van der Waals surface area contributed by atoms with E-state index in [0.717, 1.165) is 22.3 Å². The fourth-order valence-corrected chi connectivity index (χ4v) is 5.59. The van der Waals surface area contributed by atoms with Crippen LogP contribution in [0.4, 0.5) is 0 Å². The van der Waals surface area contributed by atoms with Crippen LogP contribution in [0, 0.1) is 22.9 Å². The molecule has 1 aliphatic heterocycles. The Balaban J connectivity index is 1.53. The fraction of sp³-hybridized carbons (Fsp3) is 0.0556. The van der Waals surface area contributed by atoms with Gasteiger partial charge in [-0.05, 0) is 0 Å². The molecule has 4 aromatic carbocycles. The van der Waals surface area contributed by atoms with E-state index in [9.17, 15) is 10.5 Å². The number of hydrogen-bond acceptors (Lipinski definition) is 8. The summed E-state index contributed by atoms with van der Waals surface area (Å²) in [6.45, 7) is 0. The largest absolute Gasteiger partial charge is 0.270 e. The molecule has 7 rings (SSSR count). The molecule has 0 amide bonds. The summed E-state index contributed by atoms with van der Waals surface area (Å²) in [5, 5.41) is 19.8. The van der Waals surface area contributed by atoms with Crippen molar-refractivity contribution in [1.82, 2.24) is 9.97 Å². The first-order valence-electron chi connectivity index (χ1n) is 14.0. The molecular weight excluding hydrogens is 544 g/mol. The van der Waals surface area contributed by atoms with Crippen molar-refractivity contribution in [3.8, 4) is 34.9 Å². The van der Waals surface area contributed by atoms with Gasteiger partial charge in [0.15, 0.2) is 0 Å². The zero-order chi connectivity index (χ0) is 29.9. The molecule has 44 heavy (non-hydrogen) atoms. The second-order valence-electron chi connectivity index (χ2n) is 10.1. The minimum absolute atomic E-state index is 0.331. The van der Waals surface area contributed by atoms with Crippen LogP contribution in [0.2, 0.25) is 0 Å². The van der Waals surface area contributed by atoms with Gasteiger partial charge in [-0.15, -0.1) is 0 Å². The molecule has 5 aromatic rings. The summed E-state index contributed by atoms with van der Waals surface area (Å²) in [6, 6.07) is 37.5. The van der Waals surface area contributed by atoms with Crippen LogP contribution >= 0.6 is 0 Å².